The smallest absolute Gasteiger partial charge is 0.228 e. The van der Waals surface area contributed by atoms with Crippen LogP contribution in [0.5, 0.6) is 0 Å². The standard InChI is InChI=1S/C21H22N2O3/c24-20-14-16(13-15-5-1-2-6-17(15)20)21(25)22-18-7-3-4-8-19(18)23-9-11-26-12-10-23/h1-8,16H,9-14H2,(H,22,25). The van der Waals surface area contributed by atoms with Gasteiger partial charge in [0.15, 0.2) is 5.78 Å². The SMILES string of the molecule is O=C1CC(C(=O)Nc2ccccc2N2CCOCC2)Cc2ccccc21. The van der Waals surface area contributed by atoms with Gasteiger partial charge >= 0.3 is 0 Å². The first-order valence-electron chi connectivity index (χ1n) is 9.06. The molecule has 0 bridgehead atoms. The maximum absolute atomic E-state index is 12.9. The van der Waals surface area contributed by atoms with E-state index in [-0.39, 0.29) is 24.0 Å². The Hall–Kier alpha value is -2.66. The quantitative estimate of drug-likeness (QED) is 0.925. The number of hydrogen-bond acceptors (Lipinski definition) is 4. The highest BCUT2D eigenvalue weighted by atomic mass is 16.5. The number of carbonyl (C=O) groups is 2. The first kappa shape index (κ1) is 16.8. The minimum Gasteiger partial charge on any atom is -0.378 e. The number of benzene rings is 2. The minimum absolute atomic E-state index is 0.0495. The molecule has 2 aliphatic rings. The number of nitrogens with zero attached hydrogens (tertiary/aromatic N) is 1. The van der Waals surface area contributed by atoms with E-state index in [2.05, 4.69) is 10.2 Å². The molecule has 0 aromatic heterocycles. The highest BCUT2D eigenvalue weighted by molar-refractivity contribution is 6.04. The van der Waals surface area contributed by atoms with Crippen molar-refractivity contribution in [1.82, 2.24) is 0 Å². The maximum atomic E-state index is 12.9. The summed E-state index contributed by atoms with van der Waals surface area (Å²) >= 11 is 0. The van der Waals surface area contributed by atoms with Gasteiger partial charge in [-0.1, -0.05) is 36.4 Å². The van der Waals surface area contributed by atoms with Crippen LogP contribution >= 0.6 is 0 Å². The van der Waals surface area contributed by atoms with Gasteiger partial charge in [0.2, 0.25) is 5.91 Å². The molecule has 2 aromatic carbocycles. The summed E-state index contributed by atoms with van der Waals surface area (Å²) in [7, 11) is 0. The van der Waals surface area contributed by atoms with Gasteiger partial charge in [0.25, 0.3) is 0 Å². The molecular formula is C21H22N2O3. The second kappa shape index (κ2) is 7.30. The van der Waals surface area contributed by atoms with Crippen LogP contribution in [0.4, 0.5) is 11.4 Å². The Morgan fingerprint density at radius 2 is 1.73 bits per heavy atom. The van der Waals surface area contributed by atoms with Crippen LogP contribution in [-0.2, 0) is 16.0 Å². The van der Waals surface area contributed by atoms with Crippen molar-refractivity contribution < 1.29 is 14.3 Å². The summed E-state index contributed by atoms with van der Waals surface area (Å²) in [6.45, 7) is 3.00. The molecule has 4 rings (SSSR count). The van der Waals surface area contributed by atoms with E-state index >= 15 is 0 Å². The number of nitrogens with one attached hydrogen (secondary N) is 1. The lowest BCUT2D eigenvalue weighted by Crippen LogP contribution is -2.37. The zero-order valence-electron chi connectivity index (χ0n) is 14.6. The van der Waals surface area contributed by atoms with E-state index in [0.717, 1.165) is 35.6 Å². The Morgan fingerprint density at radius 3 is 2.58 bits per heavy atom. The molecule has 1 heterocycles. The summed E-state index contributed by atoms with van der Waals surface area (Å²) in [5, 5.41) is 3.06. The van der Waals surface area contributed by atoms with Crippen LogP contribution in [-0.4, -0.2) is 38.0 Å². The topological polar surface area (TPSA) is 58.6 Å². The number of ether oxygens (including phenoxy) is 1. The van der Waals surface area contributed by atoms with Crippen molar-refractivity contribution >= 4 is 23.1 Å². The van der Waals surface area contributed by atoms with Crippen molar-refractivity contribution in [1.29, 1.82) is 0 Å². The molecular weight excluding hydrogens is 328 g/mol. The fourth-order valence-corrected chi connectivity index (χ4v) is 3.72. The fraction of sp³-hybridized carbons (Fsp3) is 0.333. The molecule has 0 radical (unpaired) electrons. The molecule has 134 valence electrons. The van der Waals surface area contributed by atoms with Gasteiger partial charge in [0, 0.05) is 31.0 Å². The number of ketones is 1. The molecule has 1 unspecified atom stereocenters. The van der Waals surface area contributed by atoms with E-state index in [9.17, 15) is 9.59 Å². The predicted octanol–water partition coefficient (Wildman–Crippen LogP) is 2.91. The number of carbonyl (C=O) groups excluding carboxylic acids is 2. The van der Waals surface area contributed by atoms with Crippen molar-refractivity contribution in [3.63, 3.8) is 0 Å². The molecule has 1 aliphatic carbocycles. The lowest BCUT2D eigenvalue weighted by molar-refractivity contribution is -0.119. The van der Waals surface area contributed by atoms with Gasteiger partial charge in [0.05, 0.1) is 24.6 Å². The molecule has 1 amide bonds. The Labute approximate surface area is 153 Å². The summed E-state index contributed by atoms with van der Waals surface area (Å²) in [6, 6.07) is 15.4. The molecule has 0 spiro atoms. The number of amides is 1. The summed E-state index contributed by atoms with van der Waals surface area (Å²) in [5.74, 6) is -0.364. The van der Waals surface area contributed by atoms with Gasteiger partial charge in [0.1, 0.15) is 0 Å². The summed E-state index contributed by atoms with van der Waals surface area (Å²) in [4.78, 5) is 27.4. The van der Waals surface area contributed by atoms with Crippen LogP contribution in [0.15, 0.2) is 48.5 Å². The van der Waals surface area contributed by atoms with Crippen LogP contribution in [0.25, 0.3) is 0 Å². The van der Waals surface area contributed by atoms with E-state index in [0.29, 0.717) is 19.6 Å². The highest BCUT2D eigenvalue weighted by Crippen LogP contribution is 2.30. The van der Waals surface area contributed by atoms with Crippen LogP contribution in [0.3, 0.4) is 0 Å². The number of morpholine rings is 1. The normalized spacial score (nSPS) is 19.8. The van der Waals surface area contributed by atoms with Crippen molar-refractivity contribution in [3.8, 4) is 0 Å². The average Bonchev–Trinajstić information content (AvgIpc) is 2.69. The van der Waals surface area contributed by atoms with Crippen molar-refractivity contribution in [2.24, 2.45) is 5.92 Å². The first-order valence-corrected chi connectivity index (χ1v) is 9.06. The lowest BCUT2D eigenvalue weighted by Gasteiger charge is -2.31. The van der Waals surface area contributed by atoms with Gasteiger partial charge in [-0.2, -0.15) is 0 Å². The third-order valence-electron chi connectivity index (χ3n) is 5.10. The molecule has 5 nitrogen and oxygen atoms in total. The Balaban J connectivity index is 1.52. The van der Waals surface area contributed by atoms with Crippen LogP contribution in [0.2, 0.25) is 0 Å². The summed E-state index contributed by atoms with van der Waals surface area (Å²) in [5.41, 5.74) is 3.52. The van der Waals surface area contributed by atoms with Gasteiger partial charge in [-0.3, -0.25) is 9.59 Å². The molecule has 1 N–H and O–H groups in total. The number of hydrogen-bond donors (Lipinski definition) is 1. The number of rotatable bonds is 3. The summed E-state index contributed by atoms with van der Waals surface area (Å²) in [6.07, 6.45) is 0.871. The second-order valence-corrected chi connectivity index (χ2v) is 6.79. The molecule has 2 aromatic rings. The van der Waals surface area contributed by atoms with Gasteiger partial charge in [-0.25, -0.2) is 0 Å². The van der Waals surface area contributed by atoms with Crippen molar-refractivity contribution in [3.05, 3.63) is 59.7 Å². The van der Waals surface area contributed by atoms with Crippen LogP contribution in [0.1, 0.15) is 22.3 Å². The molecule has 1 aliphatic heterocycles. The monoisotopic (exact) mass is 350 g/mol. The van der Waals surface area contributed by atoms with Crippen LogP contribution in [0, 0.1) is 5.92 Å². The largest absolute Gasteiger partial charge is 0.378 e. The van der Waals surface area contributed by atoms with Gasteiger partial charge in [-0.15, -0.1) is 0 Å². The zero-order valence-corrected chi connectivity index (χ0v) is 14.6. The third-order valence-corrected chi connectivity index (χ3v) is 5.10. The second-order valence-electron chi connectivity index (χ2n) is 6.79. The fourth-order valence-electron chi connectivity index (χ4n) is 3.72. The number of anilines is 2. The van der Waals surface area contributed by atoms with Crippen molar-refractivity contribution in [2.45, 2.75) is 12.8 Å². The Morgan fingerprint density at radius 1 is 1.00 bits per heavy atom. The summed E-state index contributed by atoms with van der Waals surface area (Å²) < 4.78 is 5.42. The molecule has 0 saturated carbocycles. The zero-order chi connectivity index (χ0) is 17.9. The van der Waals surface area contributed by atoms with Gasteiger partial charge < -0.3 is 15.0 Å². The number of fused-ring (bicyclic) bond motifs is 1. The highest BCUT2D eigenvalue weighted by Gasteiger charge is 2.30. The molecule has 5 heteroatoms. The molecule has 1 fully saturated rings. The number of Topliss-reactive ketones (excluding diaryl/α,β-unsaturated/α-hetero) is 1. The van der Waals surface area contributed by atoms with Crippen LogP contribution < -0.4 is 10.2 Å². The van der Waals surface area contributed by atoms with E-state index in [1.807, 2.05) is 48.5 Å². The molecule has 1 saturated heterocycles. The van der Waals surface area contributed by atoms with E-state index in [4.69, 9.17) is 4.74 Å². The predicted molar refractivity (Wildman–Crippen MR) is 101 cm³/mol. The van der Waals surface area contributed by atoms with E-state index < -0.39 is 0 Å². The molecule has 26 heavy (non-hydrogen) atoms. The average molecular weight is 350 g/mol. The van der Waals surface area contributed by atoms with Crippen molar-refractivity contribution in [2.75, 3.05) is 36.5 Å². The van der Waals surface area contributed by atoms with Gasteiger partial charge in [-0.05, 0) is 24.1 Å². The first-order chi connectivity index (χ1) is 12.7. The molecule has 1 atom stereocenters. The minimum atomic E-state index is -0.324. The Kier molecular flexibility index (Phi) is 4.71. The maximum Gasteiger partial charge on any atom is 0.228 e. The lowest BCUT2D eigenvalue weighted by atomic mass is 9.82. The third kappa shape index (κ3) is 3.35. The van der Waals surface area contributed by atoms with E-state index in [1.165, 1.54) is 0 Å². The Bertz CT molecular complexity index is 828. The van der Waals surface area contributed by atoms with E-state index in [1.54, 1.807) is 0 Å². The number of para-hydroxylation sites is 2.